The minimum absolute atomic E-state index is 0.138. The Morgan fingerprint density at radius 2 is 1.64 bits per heavy atom. The minimum atomic E-state index is -0.914. The number of halogens is 1. The topological polar surface area (TPSA) is 42.2 Å². The van der Waals surface area contributed by atoms with Crippen molar-refractivity contribution in [3.8, 4) is 11.1 Å². The van der Waals surface area contributed by atoms with E-state index >= 15 is 0 Å². The first-order chi connectivity index (χ1) is 13.5. The first-order valence-corrected chi connectivity index (χ1v) is 9.16. The van der Waals surface area contributed by atoms with Gasteiger partial charge in [0.1, 0.15) is 12.4 Å². The van der Waals surface area contributed by atoms with Crippen LogP contribution in [0.5, 0.6) is 0 Å². The van der Waals surface area contributed by atoms with Gasteiger partial charge in [-0.15, -0.1) is 0 Å². The van der Waals surface area contributed by atoms with Crippen LogP contribution in [-0.2, 0) is 17.8 Å². The molecule has 1 aromatic heterocycles. The molecule has 0 aliphatic heterocycles. The normalized spacial score (nSPS) is 11.1. The van der Waals surface area contributed by atoms with Gasteiger partial charge in [-0.05, 0) is 53.8 Å². The minimum Gasteiger partial charge on any atom is -0.480 e. The molecule has 0 radical (unpaired) electrons. The quantitative estimate of drug-likeness (QED) is 0.507. The van der Waals surface area contributed by atoms with Crippen LogP contribution in [0.2, 0.25) is 0 Å². The lowest BCUT2D eigenvalue weighted by atomic mass is 9.99. The zero-order valence-electron chi connectivity index (χ0n) is 15.5. The molecular weight excluding hydrogens is 353 g/mol. The number of nitrogens with zero attached hydrogens (tertiary/aromatic N) is 1. The Hall–Kier alpha value is -3.40. The van der Waals surface area contributed by atoms with Crippen molar-refractivity contribution in [3.05, 3.63) is 95.4 Å². The van der Waals surface area contributed by atoms with Crippen LogP contribution in [0.4, 0.5) is 4.39 Å². The smallest absolute Gasteiger partial charge is 0.323 e. The van der Waals surface area contributed by atoms with E-state index < -0.39 is 5.97 Å². The van der Waals surface area contributed by atoms with E-state index in [1.165, 1.54) is 12.1 Å². The Morgan fingerprint density at radius 1 is 0.964 bits per heavy atom. The van der Waals surface area contributed by atoms with Gasteiger partial charge in [0.25, 0.3) is 0 Å². The van der Waals surface area contributed by atoms with Gasteiger partial charge in [0.05, 0.1) is 0 Å². The molecule has 0 saturated carbocycles. The van der Waals surface area contributed by atoms with Crippen molar-refractivity contribution in [2.24, 2.45) is 0 Å². The van der Waals surface area contributed by atoms with Gasteiger partial charge in [-0.25, -0.2) is 4.39 Å². The Bertz CT molecular complexity index is 1140. The summed E-state index contributed by atoms with van der Waals surface area (Å²) in [6.45, 7) is 1.76. The molecule has 3 nitrogen and oxygen atoms in total. The number of benzene rings is 3. The van der Waals surface area contributed by atoms with Crippen LogP contribution < -0.4 is 0 Å². The van der Waals surface area contributed by atoms with Crippen molar-refractivity contribution in [1.82, 2.24) is 4.57 Å². The van der Waals surface area contributed by atoms with Crippen molar-refractivity contribution in [2.45, 2.75) is 19.9 Å². The van der Waals surface area contributed by atoms with Crippen LogP contribution in [0.1, 0.15) is 16.8 Å². The maximum absolute atomic E-state index is 13.9. The molecule has 4 heteroatoms. The first kappa shape index (κ1) is 18.0. The van der Waals surface area contributed by atoms with Crippen molar-refractivity contribution in [1.29, 1.82) is 0 Å². The van der Waals surface area contributed by atoms with E-state index in [4.69, 9.17) is 0 Å². The van der Waals surface area contributed by atoms with Crippen molar-refractivity contribution >= 4 is 16.9 Å². The summed E-state index contributed by atoms with van der Waals surface area (Å²) in [5.74, 6) is -1.23. The standard InChI is InChI=1S/C24H20FNO2/c1-16-21(22-14-20(25)11-12-23(22)26(16)15-24(27)28)13-17-7-9-19(10-8-17)18-5-3-2-4-6-18/h2-12,14H,13,15H2,1H3,(H,27,28). The van der Waals surface area contributed by atoms with E-state index in [1.807, 2.05) is 25.1 Å². The zero-order chi connectivity index (χ0) is 19.7. The van der Waals surface area contributed by atoms with Crippen LogP contribution >= 0.6 is 0 Å². The molecule has 0 spiro atoms. The van der Waals surface area contributed by atoms with Gasteiger partial charge in [-0.3, -0.25) is 4.79 Å². The van der Waals surface area contributed by atoms with E-state index in [0.717, 1.165) is 38.9 Å². The highest BCUT2D eigenvalue weighted by Gasteiger charge is 2.17. The molecule has 0 atom stereocenters. The Kier molecular flexibility index (Phi) is 4.70. The number of carboxylic acids is 1. The highest BCUT2D eigenvalue weighted by Crippen LogP contribution is 2.29. The van der Waals surface area contributed by atoms with Crippen molar-refractivity contribution < 1.29 is 14.3 Å². The molecule has 0 bridgehead atoms. The third-order valence-corrected chi connectivity index (χ3v) is 5.15. The molecule has 3 aromatic carbocycles. The third-order valence-electron chi connectivity index (χ3n) is 5.15. The second-order valence-electron chi connectivity index (χ2n) is 6.95. The third kappa shape index (κ3) is 3.41. The van der Waals surface area contributed by atoms with Crippen LogP contribution in [0.25, 0.3) is 22.0 Å². The highest BCUT2D eigenvalue weighted by molar-refractivity contribution is 5.87. The van der Waals surface area contributed by atoms with E-state index in [2.05, 4.69) is 36.4 Å². The summed E-state index contributed by atoms with van der Waals surface area (Å²) in [7, 11) is 0. The molecule has 1 heterocycles. The Morgan fingerprint density at radius 3 is 2.32 bits per heavy atom. The molecule has 140 valence electrons. The molecule has 1 N–H and O–H groups in total. The Balaban J connectivity index is 1.72. The molecule has 0 aliphatic carbocycles. The maximum Gasteiger partial charge on any atom is 0.323 e. The number of carboxylic acid groups (broad SMARTS) is 1. The van der Waals surface area contributed by atoms with E-state index in [-0.39, 0.29) is 12.4 Å². The fourth-order valence-electron chi connectivity index (χ4n) is 3.74. The fourth-order valence-corrected chi connectivity index (χ4v) is 3.74. The van der Waals surface area contributed by atoms with Crippen LogP contribution in [0, 0.1) is 12.7 Å². The molecule has 0 fully saturated rings. The fraction of sp³-hybridized carbons (Fsp3) is 0.125. The summed E-state index contributed by atoms with van der Waals surface area (Å²) in [6.07, 6.45) is 0.619. The second kappa shape index (κ2) is 7.31. The van der Waals surface area contributed by atoms with Gasteiger partial charge < -0.3 is 9.67 Å². The number of hydrogen-bond donors (Lipinski definition) is 1. The number of rotatable bonds is 5. The van der Waals surface area contributed by atoms with Gasteiger partial charge in [0.2, 0.25) is 0 Å². The molecular formula is C24H20FNO2. The summed E-state index contributed by atoms with van der Waals surface area (Å²) < 4.78 is 15.6. The lowest BCUT2D eigenvalue weighted by Crippen LogP contribution is -2.10. The number of aliphatic carboxylic acids is 1. The number of aromatic nitrogens is 1. The predicted octanol–water partition coefficient (Wildman–Crippen LogP) is 5.43. The summed E-state index contributed by atoms with van der Waals surface area (Å²) >= 11 is 0. The van der Waals surface area contributed by atoms with Gasteiger partial charge in [-0.2, -0.15) is 0 Å². The summed E-state index contributed by atoms with van der Waals surface area (Å²) in [4.78, 5) is 11.3. The summed E-state index contributed by atoms with van der Waals surface area (Å²) in [5.41, 5.74) is 5.96. The van der Waals surface area contributed by atoms with Gasteiger partial charge >= 0.3 is 5.97 Å². The van der Waals surface area contributed by atoms with E-state index in [0.29, 0.717) is 6.42 Å². The zero-order valence-corrected chi connectivity index (χ0v) is 15.5. The molecule has 0 amide bonds. The first-order valence-electron chi connectivity index (χ1n) is 9.16. The Labute approximate surface area is 162 Å². The van der Waals surface area contributed by atoms with E-state index in [9.17, 15) is 14.3 Å². The molecule has 0 aliphatic rings. The SMILES string of the molecule is Cc1c(Cc2ccc(-c3ccccc3)cc2)c2cc(F)ccc2n1CC(=O)O. The van der Waals surface area contributed by atoms with Crippen LogP contribution in [-0.4, -0.2) is 15.6 Å². The van der Waals surface area contributed by atoms with E-state index in [1.54, 1.807) is 10.6 Å². The average molecular weight is 373 g/mol. The number of hydrogen-bond acceptors (Lipinski definition) is 1. The van der Waals surface area contributed by atoms with Gasteiger partial charge in [0.15, 0.2) is 0 Å². The number of fused-ring (bicyclic) bond motifs is 1. The van der Waals surface area contributed by atoms with Crippen molar-refractivity contribution in [3.63, 3.8) is 0 Å². The molecule has 0 saturated heterocycles. The lowest BCUT2D eigenvalue weighted by Gasteiger charge is -2.07. The average Bonchev–Trinajstić information content (AvgIpc) is 2.94. The van der Waals surface area contributed by atoms with Crippen LogP contribution in [0.15, 0.2) is 72.8 Å². The monoisotopic (exact) mass is 373 g/mol. The molecule has 4 rings (SSSR count). The molecule has 0 unspecified atom stereocenters. The predicted molar refractivity (Wildman–Crippen MR) is 109 cm³/mol. The van der Waals surface area contributed by atoms with Crippen molar-refractivity contribution in [2.75, 3.05) is 0 Å². The summed E-state index contributed by atoms with van der Waals surface area (Å²) in [6, 6.07) is 23.0. The summed E-state index contributed by atoms with van der Waals surface area (Å²) in [5, 5.41) is 10.0. The second-order valence-corrected chi connectivity index (χ2v) is 6.95. The lowest BCUT2D eigenvalue weighted by molar-refractivity contribution is -0.137. The largest absolute Gasteiger partial charge is 0.480 e. The maximum atomic E-state index is 13.9. The van der Waals surface area contributed by atoms with Gasteiger partial charge in [0, 0.05) is 16.6 Å². The number of carbonyl (C=O) groups is 1. The van der Waals surface area contributed by atoms with Gasteiger partial charge in [-0.1, -0.05) is 54.6 Å². The molecule has 28 heavy (non-hydrogen) atoms. The van der Waals surface area contributed by atoms with Crippen LogP contribution in [0.3, 0.4) is 0 Å². The highest BCUT2D eigenvalue weighted by atomic mass is 19.1. The molecule has 4 aromatic rings.